The van der Waals surface area contributed by atoms with Crippen LogP contribution >= 0.6 is 11.3 Å². The van der Waals surface area contributed by atoms with E-state index >= 15 is 0 Å². The molecule has 6 nitrogen and oxygen atoms in total. The molecule has 0 fully saturated rings. The van der Waals surface area contributed by atoms with E-state index in [9.17, 15) is 13.2 Å². The van der Waals surface area contributed by atoms with Gasteiger partial charge in [-0.05, 0) is 44.2 Å². The monoisotopic (exact) mass is 418 g/mol. The molecule has 0 aliphatic carbocycles. The van der Waals surface area contributed by atoms with Gasteiger partial charge < -0.3 is 9.30 Å². The second kappa shape index (κ2) is 8.28. The second-order valence-corrected chi connectivity index (χ2v) is 9.51. The zero-order valence-corrected chi connectivity index (χ0v) is 17.6. The zero-order valence-electron chi connectivity index (χ0n) is 16.0. The van der Waals surface area contributed by atoms with E-state index in [0.717, 1.165) is 21.5 Å². The Balaban J connectivity index is 1.78. The number of hydrogen-bond donors (Lipinski definition) is 0. The van der Waals surface area contributed by atoms with Gasteiger partial charge in [0.05, 0.1) is 27.5 Å². The molecule has 0 radical (unpaired) electrons. The van der Waals surface area contributed by atoms with Crippen LogP contribution in [0.2, 0.25) is 0 Å². The highest BCUT2D eigenvalue weighted by atomic mass is 32.2. The number of fused-ring (bicyclic) bond motifs is 1. The molecule has 0 aliphatic rings. The lowest BCUT2D eigenvalue weighted by Gasteiger charge is -2.03. The van der Waals surface area contributed by atoms with Crippen molar-refractivity contribution in [3.05, 3.63) is 52.8 Å². The van der Waals surface area contributed by atoms with Gasteiger partial charge in [0, 0.05) is 13.5 Å². The fraction of sp³-hybridized carbons (Fsp3) is 0.300. The van der Waals surface area contributed by atoms with Crippen LogP contribution in [0.3, 0.4) is 0 Å². The molecule has 0 spiro atoms. The van der Waals surface area contributed by atoms with E-state index < -0.39 is 15.7 Å². The fourth-order valence-electron chi connectivity index (χ4n) is 2.73. The van der Waals surface area contributed by atoms with Crippen LogP contribution < -0.4 is 9.54 Å². The van der Waals surface area contributed by atoms with Crippen LogP contribution in [0, 0.1) is 6.92 Å². The SMILES string of the molecule is CCOc1ccc2c(c1)sc(=NC(=O)CCS(=O)(=O)c1ccc(C)cc1)n2C. The standard InChI is InChI=1S/C20H22N2O4S2/c1-4-26-15-7-10-17-18(13-15)27-20(22(17)3)21-19(23)11-12-28(24,25)16-8-5-14(2)6-9-16/h5-10,13H,4,11-12H2,1-3H3. The number of ether oxygens (including phenoxy) is 1. The smallest absolute Gasteiger partial charge is 0.249 e. The zero-order chi connectivity index (χ0) is 20.3. The molecule has 1 amide bonds. The highest BCUT2D eigenvalue weighted by Gasteiger charge is 2.16. The minimum absolute atomic E-state index is 0.158. The summed E-state index contributed by atoms with van der Waals surface area (Å²) in [5, 5.41) is 0. The van der Waals surface area contributed by atoms with E-state index in [1.165, 1.54) is 11.3 Å². The lowest BCUT2D eigenvalue weighted by Crippen LogP contribution is -2.15. The molecule has 0 bridgehead atoms. The molecule has 8 heteroatoms. The topological polar surface area (TPSA) is 77.7 Å². The summed E-state index contributed by atoms with van der Waals surface area (Å²) in [6.07, 6.45) is -0.158. The van der Waals surface area contributed by atoms with E-state index in [1.54, 1.807) is 24.3 Å². The Bertz CT molecular complexity index is 1170. The first kappa shape index (κ1) is 20.3. The normalized spacial score (nSPS) is 12.5. The van der Waals surface area contributed by atoms with Gasteiger partial charge in [-0.15, -0.1) is 0 Å². The molecular formula is C20H22N2O4S2. The van der Waals surface area contributed by atoms with E-state index in [1.807, 2.05) is 43.7 Å². The first-order valence-electron chi connectivity index (χ1n) is 8.89. The summed E-state index contributed by atoms with van der Waals surface area (Å²) in [7, 11) is -1.68. The lowest BCUT2D eigenvalue weighted by molar-refractivity contribution is -0.117. The van der Waals surface area contributed by atoms with Crippen molar-refractivity contribution >= 4 is 37.3 Å². The molecule has 0 N–H and O–H groups in total. The number of sulfone groups is 1. The van der Waals surface area contributed by atoms with Crippen LogP contribution in [0.5, 0.6) is 5.75 Å². The minimum atomic E-state index is -3.51. The predicted molar refractivity (Wildman–Crippen MR) is 110 cm³/mol. The Labute approximate surface area is 168 Å². The quantitative estimate of drug-likeness (QED) is 0.616. The molecule has 3 aromatic rings. The number of aryl methyl sites for hydroxylation is 2. The summed E-state index contributed by atoms with van der Waals surface area (Å²) in [5.41, 5.74) is 1.92. The van der Waals surface area contributed by atoms with Gasteiger partial charge in [0.1, 0.15) is 5.75 Å². The van der Waals surface area contributed by atoms with E-state index in [-0.39, 0.29) is 17.1 Å². The van der Waals surface area contributed by atoms with Crippen LogP contribution in [0.1, 0.15) is 18.9 Å². The van der Waals surface area contributed by atoms with Gasteiger partial charge in [-0.3, -0.25) is 4.79 Å². The van der Waals surface area contributed by atoms with Crippen molar-refractivity contribution in [1.29, 1.82) is 0 Å². The summed E-state index contributed by atoms with van der Waals surface area (Å²) in [6, 6.07) is 12.3. The van der Waals surface area contributed by atoms with Crippen molar-refractivity contribution < 1.29 is 17.9 Å². The Morgan fingerprint density at radius 2 is 1.89 bits per heavy atom. The third kappa shape index (κ3) is 4.51. The molecular weight excluding hydrogens is 396 g/mol. The van der Waals surface area contributed by atoms with Crippen LogP contribution in [0.25, 0.3) is 10.2 Å². The number of nitrogens with zero attached hydrogens (tertiary/aromatic N) is 2. The Hall–Kier alpha value is -2.45. The molecule has 0 aliphatic heterocycles. The van der Waals surface area contributed by atoms with Crippen molar-refractivity contribution in [3.8, 4) is 5.75 Å². The molecule has 0 saturated heterocycles. The minimum Gasteiger partial charge on any atom is -0.494 e. The predicted octanol–water partition coefficient (Wildman–Crippen LogP) is 3.24. The maximum atomic E-state index is 12.4. The summed E-state index contributed by atoms with van der Waals surface area (Å²) in [6.45, 7) is 4.39. The molecule has 0 saturated carbocycles. The molecule has 1 aromatic heterocycles. The van der Waals surface area contributed by atoms with Crippen LogP contribution in [-0.2, 0) is 21.7 Å². The Morgan fingerprint density at radius 3 is 2.57 bits per heavy atom. The van der Waals surface area contributed by atoms with Gasteiger partial charge in [0.2, 0.25) is 5.91 Å². The van der Waals surface area contributed by atoms with Crippen molar-refractivity contribution in [1.82, 2.24) is 4.57 Å². The van der Waals surface area contributed by atoms with Crippen molar-refractivity contribution in [2.24, 2.45) is 12.0 Å². The van der Waals surface area contributed by atoms with Gasteiger partial charge in [-0.1, -0.05) is 29.0 Å². The van der Waals surface area contributed by atoms with Gasteiger partial charge in [-0.2, -0.15) is 4.99 Å². The van der Waals surface area contributed by atoms with Gasteiger partial charge in [0.15, 0.2) is 14.6 Å². The number of thiazole rings is 1. The number of aromatic nitrogens is 1. The van der Waals surface area contributed by atoms with Crippen LogP contribution in [-0.4, -0.2) is 31.3 Å². The first-order chi connectivity index (χ1) is 13.3. The lowest BCUT2D eigenvalue weighted by atomic mass is 10.2. The molecule has 28 heavy (non-hydrogen) atoms. The Morgan fingerprint density at radius 1 is 1.18 bits per heavy atom. The maximum Gasteiger partial charge on any atom is 0.249 e. The fourth-order valence-corrected chi connectivity index (χ4v) is 5.02. The van der Waals surface area contributed by atoms with Crippen LogP contribution in [0.15, 0.2) is 52.4 Å². The van der Waals surface area contributed by atoms with Crippen molar-refractivity contribution in [2.75, 3.05) is 12.4 Å². The molecule has 0 unspecified atom stereocenters. The summed E-state index contributed by atoms with van der Waals surface area (Å²) in [5.74, 6) is 0.0448. The van der Waals surface area contributed by atoms with Gasteiger partial charge in [-0.25, -0.2) is 8.42 Å². The van der Waals surface area contributed by atoms with E-state index in [4.69, 9.17) is 4.74 Å². The second-order valence-electron chi connectivity index (χ2n) is 6.39. The first-order valence-corrected chi connectivity index (χ1v) is 11.4. The average Bonchev–Trinajstić information content (AvgIpc) is 2.96. The third-order valence-corrected chi connectivity index (χ3v) is 7.10. The number of amides is 1. The number of carbonyl (C=O) groups excluding carboxylic acids is 1. The summed E-state index contributed by atoms with van der Waals surface area (Å²) < 4.78 is 33.1. The molecule has 0 atom stereocenters. The summed E-state index contributed by atoms with van der Waals surface area (Å²) >= 11 is 1.37. The number of benzene rings is 2. The van der Waals surface area contributed by atoms with E-state index in [2.05, 4.69) is 4.99 Å². The summed E-state index contributed by atoms with van der Waals surface area (Å²) in [4.78, 5) is 17.2. The molecule has 148 valence electrons. The number of rotatable bonds is 6. The number of hydrogen-bond acceptors (Lipinski definition) is 5. The van der Waals surface area contributed by atoms with Crippen molar-refractivity contribution in [3.63, 3.8) is 0 Å². The maximum absolute atomic E-state index is 12.4. The highest BCUT2D eigenvalue weighted by molar-refractivity contribution is 7.91. The molecule has 3 rings (SSSR count). The van der Waals surface area contributed by atoms with Gasteiger partial charge >= 0.3 is 0 Å². The molecule has 2 aromatic carbocycles. The largest absolute Gasteiger partial charge is 0.494 e. The van der Waals surface area contributed by atoms with Gasteiger partial charge in [0.25, 0.3) is 0 Å². The van der Waals surface area contributed by atoms with E-state index in [0.29, 0.717) is 11.4 Å². The Kier molecular flexibility index (Phi) is 6.00. The van der Waals surface area contributed by atoms with Crippen molar-refractivity contribution in [2.45, 2.75) is 25.2 Å². The van der Waals surface area contributed by atoms with Crippen LogP contribution in [0.4, 0.5) is 0 Å². The average molecular weight is 419 g/mol. The molecule has 1 heterocycles. The third-order valence-electron chi connectivity index (χ3n) is 4.28. The number of carbonyl (C=O) groups is 1. The highest BCUT2D eigenvalue weighted by Crippen LogP contribution is 2.22.